The lowest BCUT2D eigenvalue weighted by Crippen LogP contribution is -2.44. The first-order valence-corrected chi connectivity index (χ1v) is 15.1. The number of aromatic nitrogens is 2. The number of esters is 1. The molecule has 0 spiro atoms. The lowest BCUT2D eigenvalue weighted by atomic mass is 9.98. The summed E-state index contributed by atoms with van der Waals surface area (Å²) >= 11 is 1.47. The van der Waals surface area contributed by atoms with Gasteiger partial charge in [-0.25, -0.2) is 13.8 Å². The highest BCUT2D eigenvalue weighted by molar-refractivity contribution is 7.98. The Morgan fingerprint density at radius 1 is 1.31 bits per heavy atom. The van der Waals surface area contributed by atoms with E-state index in [0.29, 0.717) is 5.75 Å². The van der Waals surface area contributed by atoms with Gasteiger partial charge in [0.2, 0.25) is 0 Å². The summed E-state index contributed by atoms with van der Waals surface area (Å²) in [5.41, 5.74) is -4.12. The van der Waals surface area contributed by atoms with Gasteiger partial charge in [-0.3, -0.25) is 23.7 Å². The van der Waals surface area contributed by atoms with Crippen molar-refractivity contribution in [3.8, 4) is 5.75 Å². The number of alkyl halides is 1. The Bertz CT molecular complexity index is 1270. The van der Waals surface area contributed by atoms with E-state index in [1.165, 1.54) is 23.9 Å². The minimum atomic E-state index is -4.35. The monoisotopic (exact) mass is 589 g/mol. The van der Waals surface area contributed by atoms with Gasteiger partial charge in [-0.15, -0.1) is 0 Å². The summed E-state index contributed by atoms with van der Waals surface area (Å²) in [6.07, 6.45) is -2.14. The maximum Gasteiger partial charge on any atom is 0.459 e. The second-order valence-corrected chi connectivity index (χ2v) is 12.0. The van der Waals surface area contributed by atoms with E-state index in [4.69, 9.17) is 18.5 Å². The van der Waals surface area contributed by atoms with Crippen LogP contribution in [0.4, 0.5) is 4.39 Å². The molecule has 12 nitrogen and oxygen atoms in total. The number of aliphatic hydroxyl groups is 1. The lowest BCUT2D eigenvalue weighted by molar-refractivity contribution is -0.149. The number of aliphatic hydroxyl groups excluding tert-OH is 1. The van der Waals surface area contributed by atoms with Gasteiger partial charge in [0, 0.05) is 12.3 Å². The normalized spacial score (nSPS) is 25.3. The molecular weight excluding hydrogens is 556 g/mol. The largest absolute Gasteiger partial charge is 0.462 e. The average molecular weight is 590 g/mol. The van der Waals surface area contributed by atoms with Gasteiger partial charge in [-0.2, -0.15) is 16.8 Å². The molecule has 0 amide bonds. The molecule has 0 saturated carbocycles. The molecule has 1 aliphatic rings. The zero-order valence-corrected chi connectivity index (χ0v) is 23.7. The van der Waals surface area contributed by atoms with Crippen molar-refractivity contribution in [1.82, 2.24) is 14.6 Å². The third kappa shape index (κ3) is 8.03. The van der Waals surface area contributed by atoms with E-state index in [1.54, 1.807) is 32.0 Å². The van der Waals surface area contributed by atoms with Crippen molar-refractivity contribution in [2.24, 2.45) is 0 Å². The second-order valence-electron chi connectivity index (χ2n) is 9.29. The number of H-pyrrole nitrogens is 1. The summed E-state index contributed by atoms with van der Waals surface area (Å²) < 4.78 is 52.4. The molecule has 2 aromatic rings. The molecule has 1 unspecified atom stereocenters. The molecule has 3 rings (SSSR count). The molecule has 1 fully saturated rings. The van der Waals surface area contributed by atoms with Gasteiger partial charge >= 0.3 is 19.4 Å². The van der Waals surface area contributed by atoms with Crippen LogP contribution in [0.1, 0.15) is 33.4 Å². The zero-order valence-electron chi connectivity index (χ0n) is 21.9. The summed E-state index contributed by atoms with van der Waals surface area (Å²) in [4.78, 5) is 38.4. The fraction of sp³-hybridized carbons (Fsp3) is 0.542. The number of halogens is 1. The molecule has 1 aliphatic heterocycles. The van der Waals surface area contributed by atoms with Crippen LogP contribution in [0.5, 0.6) is 5.75 Å². The Morgan fingerprint density at radius 2 is 2.00 bits per heavy atom. The highest BCUT2D eigenvalue weighted by Gasteiger charge is 2.56. The number of rotatable bonds is 13. The van der Waals surface area contributed by atoms with Gasteiger partial charge in [0.05, 0.1) is 12.7 Å². The molecule has 3 N–H and O–H groups in total. The van der Waals surface area contributed by atoms with E-state index in [-0.39, 0.29) is 12.2 Å². The number of ether oxygens (including phenoxy) is 2. The summed E-state index contributed by atoms with van der Waals surface area (Å²) in [6, 6.07) is 8.00. The number of para-hydroxylation sites is 1. The molecule has 15 heteroatoms. The topological polar surface area (TPSA) is 158 Å². The second kappa shape index (κ2) is 13.2. The van der Waals surface area contributed by atoms with E-state index in [0.717, 1.165) is 23.8 Å². The first kappa shape index (κ1) is 31.1. The van der Waals surface area contributed by atoms with Crippen molar-refractivity contribution in [2.75, 3.05) is 18.6 Å². The SMILES string of the molecule is CSCC[C@@H](NP(=O)(OC[C@H]1O[C@@H](n2ccc(=O)[nH]c2=O)[C@@](C)(F)[C@@H]1O)Oc1ccccc1)C(=O)OC(C)C. The van der Waals surface area contributed by atoms with Crippen LogP contribution in [0.3, 0.4) is 0 Å². The quantitative estimate of drug-likeness (QED) is 0.233. The van der Waals surface area contributed by atoms with Crippen molar-refractivity contribution < 1.29 is 37.4 Å². The Balaban J connectivity index is 1.84. The Hall–Kier alpha value is -2.48. The van der Waals surface area contributed by atoms with Crippen molar-refractivity contribution in [3.63, 3.8) is 0 Å². The van der Waals surface area contributed by atoms with Gasteiger partial charge < -0.3 is 19.1 Å². The Kier molecular flexibility index (Phi) is 10.5. The molecule has 0 radical (unpaired) electrons. The van der Waals surface area contributed by atoms with Crippen molar-refractivity contribution >= 4 is 25.5 Å². The van der Waals surface area contributed by atoms with Crippen LogP contribution in [0.15, 0.2) is 52.2 Å². The molecular formula is C24H33FN3O9PS. The smallest absolute Gasteiger partial charge is 0.459 e. The lowest BCUT2D eigenvalue weighted by Gasteiger charge is -2.26. The number of carbonyl (C=O) groups excluding carboxylic acids is 1. The van der Waals surface area contributed by atoms with Crippen LogP contribution in [-0.2, 0) is 23.4 Å². The Morgan fingerprint density at radius 3 is 2.62 bits per heavy atom. The molecule has 1 saturated heterocycles. The van der Waals surface area contributed by atoms with Gasteiger partial charge in [-0.05, 0) is 51.3 Å². The van der Waals surface area contributed by atoms with Crippen LogP contribution in [0.2, 0.25) is 0 Å². The number of nitrogens with one attached hydrogen (secondary N) is 2. The number of hydrogen-bond donors (Lipinski definition) is 3. The molecule has 0 bridgehead atoms. The number of carbonyl (C=O) groups is 1. The van der Waals surface area contributed by atoms with Crippen molar-refractivity contribution in [1.29, 1.82) is 0 Å². The number of nitrogens with zero attached hydrogens (tertiary/aromatic N) is 1. The highest BCUT2D eigenvalue weighted by Crippen LogP contribution is 2.47. The summed E-state index contributed by atoms with van der Waals surface area (Å²) in [7, 11) is -4.35. The molecule has 6 atom stereocenters. The van der Waals surface area contributed by atoms with Gasteiger partial charge in [0.1, 0.15) is 24.0 Å². The fourth-order valence-electron chi connectivity index (χ4n) is 3.82. The summed E-state index contributed by atoms with van der Waals surface area (Å²) in [6.45, 7) is 3.74. The predicted octanol–water partition coefficient (Wildman–Crippen LogP) is 2.39. The third-order valence-electron chi connectivity index (χ3n) is 5.76. The summed E-state index contributed by atoms with van der Waals surface area (Å²) in [5, 5.41) is 13.3. The fourth-order valence-corrected chi connectivity index (χ4v) is 5.83. The number of aromatic amines is 1. The van der Waals surface area contributed by atoms with Gasteiger partial charge in [0.25, 0.3) is 5.56 Å². The number of benzene rings is 1. The average Bonchev–Trinajstić information content (AvgIpc) is 3.09. The van der Waals surface area contributed by atoms with E-state index in [2.05, 4.69) is 5.09 Å². The van der Waals surface area contributed by atoms with Gasteiger partial charge in [-0.1, -0.05) is 18.2 Å². The highest BCUT2D eigenvalue weighted by atomic mass is 32.2. The predicted molar refractivity (Wildman–Crippen MR) is 143 cm³/mol. The van der Waals surface area contributed by atoms with Gasteiger partial charge in [0.15, 0.2) is 11.9 Å². The van der Waals surface area contributed by atoms with E-state index < -0.39 is 67.8 Å². The van der Waals surface area contributed by atoms with Crippen molar-refractivity contribution in [2.45, 2.75) is 63.4 Å². The molecule has 0 aliphatic carbocycles. The molecule has 39 heavy (non-hydrogen) atoms. The molecule has 1 aromatic heterocycles. The maximum atomic E-state index is 15.6. The standard InChI is InChI=1S/C24H33FN3O9PS/c1-15(2)35-21(31)17(11-13-39-4)27-38(33,37-16-8-6-5-7-9-16)34-14-18-20(30)24(3,25)22(36-18)28-12-10-19(29)26-23(28)32/h5-10,12,15,17-18,20,22,30H,11,13-14H2,1-4H3,(H,27,33)(H,26,29,32)/t17-,18-,20-,22-,24+,38?/m1/s1. The molecule has 1 aromatic carbocycles. The molecule has 216 valence electrons. The minimum absolute atomic E-state index is 0.162. The van der Waals surface area contributed by atoms with Crippen molar-refractivity contribution in [3.05, 3.63) is 63.4 Å². The van der Waals surface area contributed by atoms with E-state index in [1.807, 2.05) is 11.2 Å². The number of hydrogen-bond acceptors (Lipinski definition) is 10. The number of thioether (sulfide) groups is 1. The zero-order chi connectivity index (χ0) is 28.8. The van der Waals surface area contributed by atoms with Crippen LogP contribution >= 0.6 is 19.5 Å². The first-order chi connectivity index (χ1) is 18.4. The van der Waals surface area contributed by atoms with E-state index >= 15 is 4.39 Å². The Labute approximate surface area is 228 Å². The first-order valence-electron chi connectivity index (χ1n) is 12.2. The third-order valence-corrected chi connectivity index (χ3v) is 7.97. The maximum absolute atomic E-state index is 15.6. The van der Waals surface area contributed by atoms with Crippen LogP contribution < -0.4 is 20.9 Å². The van der Waals surface area contributed by atoms with Crippen LogP contribution in [0.25, 0.3) is 0 Å². The summed E-state index contributed by atoms with van der Waals surface area (Å²) in [5.74, 6) is 0.0248. The van der Waals surface area contributed by atoms with Crippen LogP contribution in [0, 0.1) is 0 Å². The minimum Gasteiger partial charge on any atom is -0.462 e. The molecule has 2 heterocycles. The van der Waals surface area contributed by atoms with Crippen LogP contribution in [-0.4, -0.2) is 69.3 Å². The van der Waals surface area contributed by atoms with E-state index in [9.17, 15) is 24.1 Å².